The van der Waals surface area contributed by atoms with Crippen LogP contribution in [0, 0.1) is 0 Å². The summed E-state index contributed by atoms with van der Waals surface area (Å²) in [4.78, 5) is 14.7. The van der Waals surface area contributed by atoms with Gasteiger partial charge in [-0.05, 0) is 43.2 Å². The van der Waals surface area contributed by atoms with Gasteiger partial charge < -0.3 is 20.6 Å². The number of carbonyl (C=O) groups is 1. The topological polar surface area (TPSA) is 64.6 Å². The van der Waals surface area contributed by atoms with Crippen molar-refractivity contribution in [1.29, 1.82) is 0 Å². The van der Waals surface area contributed by atoms with Crippen LogP contribution in [-0.4, -0.2) is 43.3 Å². The number of hydrogen-bond donors (Lipinski definition) is 3. The zero-order valence-corrected chi connectivity index (χ0v) is 16.5. The summed E-state index contributed by atoms with van der Waals surface area (Å²) < 4.78 is 0.562. The maximum absolute atomic E-state index is 11.9. The number of thiophene rings is 1. The van der Waals surface area contributed by atoms with Crippen LogP contribution in [-0.2, 0) is 0 Å². The van der Waals surface area contributed by atoms with E-state index in [9.17, 15) is 9.90 Å². The summed E-state index contributed by atoms with van der Waals surface area (Å²) in [5.41, 5.74) is 1.89. The minimum atomic E-state index is -0.716. The molecule has 1 aromatic carbocycles. The molecule has 0 spiro atoms. The quantitative estimate of drug-likeness (QED) is 0.644. The Bertz CT molecular complexity index is 763. The lowest BCUT2D eigenvalue weighted by molar-refractivity contribution is 0.0926. The largest absolute Gasteiger partial charge is 0.389 e. The summed E-state index contributed by atoms with van der Waals surface area (Å²) in [7, 11) is 0. The Morgan fingerprint density at radius 1 is 1.19 bits per heavy atom. The van der Waals surface area contributed by atoms with E-state index in [1.807, 2.05) is 18.2 Å². The van der Waals surface area contributed by atoms with Gasteiger partial charge >= 0.3 is 0 Å². The molecule has 5 nitrogen and oxygen atoms in total. The minimum absolute atomic E-state index is 0.154. The van der Waals surface area contributed by atoms with Gasteiger partial charge in [0, 0.05) is 31.9 Å². The van der Waals surface area contributed by atoms with Gasteiger partial charge in [-0.3, -0.25) is 4.79 Å². The molecule has 0 radical (unpaired) electrons. The molecule has 2 aromatic rings. The fourth-order valence-electron chi connectivity index (χ4n) is 2.87. The zero-order valence-electron chi connectivity index (χ0n) is 14.2. The van der Waals surface area contributed by atoms with Crippen molar-refractivity contribution >= 4 is 51.8 Å². The number of aliphatic hydroxyl groups is 1. The molecule has 1 amide bonds. The Balaban J connectivity index is 1.46. The first kappa shape index (κ1) is 19.3. The molecule has 2 heterocycles. The summed E-state index contributed by atoms with van der Waals surface area (Å²) >= 11 is 13.4. The number of nitrogens with one attached hydrogen (secondary N) is 2. The first-order valence-corrected chi connectivity index (χ1v) is 10.1. The van der Waals surface area contributed by atoms with Crippen LogP contribution in [0.2, 0.25) is 9.36 Å². The van der Waals surface area contributed by atoms with Crippen molar-refractivity contribution in [3.63, 3.8) is 0 Å². The molecule has 0 bridgehead atoms. The molecule has 1 aliphatic heterocycles. The number of anilines is 2. The number of benzene rings is 1. The molecule has 1 saturated heterocycles. The molecular formula is C18H21Cl2N3O2S. The molecule has 3 rings (SSSR count). The zero-order chi connectivity index (χ0) is 18.5. The van der Waals surface area contributed by atoms with Crippen molar-refractivity contribution in [1.82, 2.24) is 5.32 Å². The van der Waals surface area contributed by atoms with Crippen LogP contribution in [0.5, 0.6) is 0 Å². The van der Waals surface area contributed by atoms with Gasteiger partial charge in [0.25, 0.3) is 5.91 Å². The van der Waals surface area contributed by atoms with Crippen LogP contribution >= 0.6 is 34.5 Å². The molecule has 8 heteroatoms. The van der Waals surface area contributed by atoms with Crippen LogP contribution < -0.4 is 15.5 Å². The Labute approximate surface area is 166 Å². The monoisotopic (exact) mass is 413 g/mol. The SMILES string of the molecule is O=C(NCC(O)CNc1ccc(N2CCCC2)c(Cl)c1)c1ccc(Cl)s1. The second-order valence-electron chi connectivity index (χ2n) is 6.21. The van der Waals surface area contributed by atoms with Gasteiger partial charge in [-0.15, -0.1) is 11.3 Å². The lowest BCUT2D eigenvalue weighted by Crippen LogP contribution is -2.35. The molecular weight excluding hydrogens is 393 g/mol. The predicted molar refractivity (Wildman–Crippen MR) is 109 cm³/mol. The predicted octanol–water partition coefficient (Wildman–Crippen LogP) is 3.86. The van der Waals surface area contributed by atoms with Crippen molar-refractivity contribution in [2.45, 2.75) is 18.9 Å². The third-order valence-corrected chi connectivity index (χ3v) is 5.76. The normalized spacial score (nSPS) is 15.1. The lowest BCUT2D eigenvalue weighted by Gasteiger charge is -2.20. The Morgan fingerprint density at radius 2 is 1.96 bits per heavy atom. The summed E-state index contributed by atoms with van der Waals surface area (Å²) in [5.74, 6) is -0.237. The van der Waals surface area contributed by atoms with Crippen LogP contribution in [0.25, 0.3) is 0 Å². The number of nitrogens with zero attached hydrogens (tertiary/aromatic N) is 1. The second-order valence-corrected chi connectivity index (χ2v) is 8.33. The molecule has 1 aliphatic rings. The van der Waals surface area contributed by atoms with Crippen molar-refractivity contribution in [3.05, 3.63) is 44.6 Å². The molecule has 26 heavy (non-hydrogen) atoms. The summed E-state index contributed by atoms with van der Waals surface area (Å²) in [5, 5.41) is 16.6. The van der Waals surface area contributed by atoms with Gasteiger partial charge in [0.1, 0.15) is 0 Å². The van der Waals surface area contributed by atoms with Gasteiger partial charge in [0.15, 0.2) is 0 Å². The van der Waals surface area contributed by atoms with Crippen LogP contribution in [0.15, 0.2) is 30.3 Å². The Kier molecular flexibility index (Phi) is 6.64. The first-order valence-electron chi connectivity index (χ1n) is 8.53. The average Bonchev–Trinajstić information content (AvgIpc) is 3.29. The highest BCUT2D eigenvalue weighted by molar-refractivity contribution is 7.17. The van der Waals surface area contributed by atoms with Gasteiger partial charge in [0.05, 0.1) is 26.0 Å². The second kappa shape index (κ2) is 8.95. The maximum Gasteiger partial charge on any atom is 0.261 e. The number of halogens is 2. The van der Waals surface area contributed by atoms with Crippen LogP contribution in [0.4, 0.5) is 11.4 Å². The van der Waals surface area contributed by atoms with E-state index in [1.54, 1.807) is 12.1 Å². The average molecular weight is 414 g/mol. The summed E-state index contributed by atoms with van der Waals surface area (Å²) in [6.07, 6.45) is 1.68. The van der Waals surface area contributed by atoms with E-state index >= 15 is 0 Å². The number of aliphatic hydroxyl groups excluding tert-OH is 1. The van der Waals surface area contributed by atoms with Crippen molar-refractivity contribution in [2.75, 3.05) is 36.4 Å². The van der Waals surface area contributed by atoms with E-state index in [4.69, 9.17) is 23.2 Å². The molecule has 1 atom stereocenters. The van der Waals surface area contributed by atoms with E-state index in [0.29, 0.717) is 20.8 Å². The number of rotatable bonds is 7. The standard InChI is InChI=1S/C18H21Cl2N3O2S/c19-14-9-12(3-4-15(14)23-7-1-2-8-23)21-10-13(24)11-22-18(25)16-5-6-17(20)26-16/h3-6,9,13,21,24H,1-2,7-8,10-11H2,(H,22,25). The molecule has 0 saturated carbocycles. The fraction of sp³-hybridized carbons (Fsp3) is 0.389. The van der Waals surface area contributed by atoms with Crippen LogP contribution in [0.1, 0.15) is 22.5 Å². The molecule has 140 valence electrons. The fourth-order valence-corrected chi connectivity index (χ4v) is 4.13. The van der Waals surface area contributed by atoms with Crippen molar-refractivity contribution in [2.24, 2.45) is 0 Å². The highest BCUT2D eigenvalue weighted by Gasteiger charge is 2.15. The summed E-state index contributed by atoms with van der Waals surface area (Å²) in [6.45, 7) is 2.55. The highest BCUT2D eigenvalue weighted by Crippen LogP contribution is 2.31. The Morgan fingerprint density at radius 3 is 2.62 bits per heavy atom. The number of amides is 1. The van der Waals surface area contributed by atoms with E-state index in [0.717, 1.165) is 24.5 Å². The van der Waals surface area contributed by atoms with Crippen molar-refractivity contribution < 1.29 is 9.90 Å². The number of hydrogen-bond acceptors (Lipinski definition) is 5. The van der Waals surface area contributed by atoms with E-state index < -0.39 is 6.10 Å². The van der Waals surface area contributed by atoms with Gasteiger partial charge in [0.2, 0.25) is 0 Å². The third kappa shape index (κ3) is 5.04. The maximum atomic E-state index is 11.9. The molecule has 0 aliphatic carbocycles. The lowest BCUT2D eigenvalue weighted by atomic mass is 10.2. The van der Waals surface area contributed by atoms with Crippen molar-refractivity contribution in [3.8, 4) is 0 Å². The van der Waals surface area contributed by atoms with E-state index in [2.05, 4.69) is 15.5 Å². The molecule has 1 aromatic heterocycles. The molecule has 1 unspecified atom stereocenters. The van der Waals surface area contributed by atoms with Crippen LogP contribution in [0.3, 0.4) is 0 Å². The molecule has 3 N–H and O–H groups in total. The van der Waals surface area contributed by atoms with Gasteiger partial charge in [-0.2, -0.15) is 0 Å². The highest BCUT2D eigenvalue weighted by atomic mass is 35.5. The van der Waals surface area contributed by atoms with Gasteiger partial charge in [-0.25, -0.2) is 0 Å². The van der Waals surface area contributed by atoms with E-state index in [-0.39, 0.29) is 12.5 Å². The third-order valence-electron chi connectivity index (χ3n) is 4.23. The van der Waals surface area contributed by atoms with Gasteiger partial charge in [-0.1, -0.05) is 23.2 Å². The smallest absolute Gasteiger partial charge is 0.261 e. The summed E-state index contributed by atoms with van der Waals surface area (Å²) in [6, 6.07) is 9.17. The Hall–Kier alpha value is -1.47. The molecule has 1 fully saturated rings. The first-order chi connectivity index (χ1) is 12.5. The number of carbonyl (C=O) groups excluding carboxylic acids is 1. The minimum Gasteiger partial charge on any atom is -0.389 e. The van der Waals surface area contributed by atoms with E-state index in [1.165, 1.54) is 24.2 Å².